The SMILES string of the molecule is Cc1cccc([N+](=O)[O-])c1C1C(N)C1(C)C. The number of benzene rings is 1. The van der Waals surface area contributed by atoms with Crippen LogP contribution >= 0.6 is 0 Å². The lowest BCUT2D eigenvalue weighted by Gasteiger charge is -2.07. The first kappa shape index (κ1) is 11.1. The van der Waals surface area contributed by atoms with Crippen molar-refractivity contribution in [2.24, 2.45) is 11.1 Å². The summed E-state index contributed by atoms with van der Waals surface area (Å²) in [5.41, 5.74) is 7.93. The van der Waals surface area contributed by atoms with Crippen molar-refractivity contribution >= 4 is 5.69 Å². The van der Waals surface area contributed by atoms with Gasteiger partial charge in [0.05, 0.1) is 4.92 Å². The molecule has 0 aliphatic heterocycles. The van der Waals surface area contributed by atoms with Gasteiger partial charge in [-0.05, 0) is 17.9 Å². The maximum atomic E-state index is 11.0. The van der Waals surface area contributed by atoms with E-state index < -0.39 is 0 Å². The summed E-state index contributed by atoms with van der Waals surface area (Å²) in [6.07, 6.45) is 0. The number of aryl methyl sites for hydroxylation is 1. The molecule has 1 fully saturated rings. The Morgan fingerprint density at radius 3 is 2.44 bits per heavy atom. The van der Waals surface area contributed by atoms with E-state index in [0.717, 1.165) is 11.1 Å². The van der Waals surface area contributed by atoms with E-state index in [-0.39, 0.29) is 28.0 Å². The van der Waals surface area contributed by atoms with Gasteiger partial charge in [0.15, 0.2) is 0 Å². The van der Waals surface area contributed by atoms with Crippen molar-refractivity contribution in [1.82, 2.24) is 0 Å². The molecule has 1 aliphatic carbocycles. The molecule has 1 aromatic rings. The summed E-state index contributed by atoms with van der Waals surface area (Å²) in [4.78, 5) is 10.7. The van der Waals surface area contributed by atoms with Crippen LogP contribution in [-0.4, -0.2) is 11.0 Å². The molecule has 1 saturated carbocycles. The fourth-order valence-electron chi connectivity index (χ4n) is 2.46. The first-order valence-electron chi connectivity index (χ1n) is 5.37. The molecule has 0 aromatic heterocycles. The molecule has 4 heteroatoms. The van der Waals surface area contributed by atoms with Crippen molar-refractivity contribution in [1.29, 1.82) is 0 Å². The van der Waals surface area contributed by atoms with Crippen molar-refractivity contribution in [2.75, 3.05) is 0 Å². The maximum Gasteiger partial charge on any atom is 0.273 e. The lowest BCUT2D eigenvalue weighted by atomic mass is 9.97. The second-order valence-electron chi connectivity index (χ2n) is 5.09. The van der Waals surface area contributed by atoms with Crippen molar-refractivity contribution in [2.45, 2.75) is 32.7 Å². The van der Waals surface area contributed by atoms with Crippen LogP contribution in [-0.2, 0) is 0 Å². The average molecular weight is 220 g/mol. The van der Waals surface area contributed by atoms with Gasteiger partial charge in [-0.3, -0.25) is 10.1 Å². The third kappa shape index (κ3) is 1.41. The van der Waals surface area contributed by atoms with E-state index in [9.17, 15) is 10.1 Å². The van der Waals surface area contributed by atoms with Gasteiger partial charge >= 0.3 is 0 Å². The number of hydrogen-bond acceptors (Lipinski definition) is 3. The lowest BCUT2D eigenvalue weighted by Crippen LogP contribution is -2.07. The molecule has 16 heavy (non-hydrogen) atoms. The molecule has 2 unspecified atom stereocenters. The Morgan fingerprint density at radius 2 is 2.00 bits per heavy atom. The van der Waals surface area contributed by atoms with Crippen molar-refractivity contribution in [3.63, 3.8) is 0 Å². The molecule has 1 aliphatic rings. The Kier molecular flexibility index (Phi) is 2.27. The standard InChI is InChI=1S/C12H16N2O2/c1-7-5-4-6-8(14(15)16)9(7)10-11(13)12(10,2)3/h4-6,10-11H,13H2,1-3H3. The molecule has 0 heterocycles. The minimum Gasteiger partial charge on any atom is -0.327 e. The van der Waals surface area contributed by atoms with Gasteiger partial charge in [-0.15, -0.1) is 0 Å². The summed E-state index contributed by atoms with van der Waals surface area (Å²) in [6, 6.07) is 5.21. The molecular formula is C12H16N2O2. The zero-order valence-electron chi connectivity index (χ0n) is 9.73. The van der Waals surface area contributed by atoms with Crippen LogP contribution in [0.15, 0.2) is 18.2 Å². The molecule has 4 nitrogen and oxygen atoms in total. The van der Waals surface area contributed by atoms with E-state index in [2.05, 4.69) is 13.8 Å². The highest BCUT2D eigenvalue weighted by Crippen LogP contribution is 2.59. The largest absolute Gasteiger partial charge is 0.327 e. The Hall–Kier alpha value is -1.42. The number of nitro groups is 1. The fraction of sp³-hybridized carbons (Fsp3) is 0.500. The zero-order valence-corrected chi connectivity index (χ0v) is 9.73. The lowest BCUT2D eigenvalue weighted by molar-refractivity contribution is -0.385. The Morgan fingerprint density at radius 1 is 1.44 bits per heavy atom. The van der Waals surface area contributed by atoms with Gasteiger partial charge in [0.1, 0.15) is 0 Å². The van der Waals surface area contributed by atoms with E-state index in [0.29, 0.717) is 0 Å². The topological polar surface area (TPSA) is 69.2 Å². The summed E-state index contributed by atoms with van der Waals surface area (Å²) < 4.78 is 0. The quantitative estimate of drug-likeness (QED) is 0.614. The molecule has 0 saturated heterocycles. The van der Waals surface area contributed by atoms with Gasteiger partial charge in [-0.25, -0.2) is 0 Å². The van der Waals surface area contributed by atoms with Crippen molar-refractivity contribution in [3.05, 3.63) is 39.4 Å². The summed E-state index contributed by atoms with van der Waals surface area (Å²) in [7, 11) is 0. The Bertz CT molecular complexity index is 454. The zero-order chi connectivity index (χ0) is 12.1. The molecule has 2 N–H and O–H groups in total. The van der Waals surface area contributed by atoms with Crippen LogP contribution in [0.2, 0.25) is 0 Å². The summed E-state index contributed by atoms with van der Waals surface area (Å²) in [5, 5.41) is 11.0. The van der Waals surface area contributed by atoms with E-state index >= 15 is 0 Å². The Labute approximate surface area is 94.6 Å². The van der Waals surface area contributed by atoms with E-state index in [1.165, 1.54) is 0 Å². The minimum atomic E-state index is -0.316. The predicted octanol–water partition coefficient (Wildman–Crippen LogP) is 2.35. The molecule has 0 bridgehead atoms. The maximum absolute atomic E-state index is 11.0. The molecule has 0 radical (unpaired) electrons. The number of hydrogen-bond donors (Lipinski definition) is 1. The second kappa shape index (κ2) is 3.28. The number of nitrogens with two attached hydrogens (primary N) is 1. The van der Waals surface area contributed by atoms with Gasteiger partial charge in [-0.1, -0.05) is 26.0 Å². The number of nitro benzene ring substituents is 1. The van der Waals surface area contributed by atoms with Crippen LogP contribution in [0.25, 0.3) is 0 Å². The molecule has 2 atom stereocenters. The van der Waals surface area contributed by atoms with Gasteiger partial charge in [0.2, 0.25) is 0 Å². The smallest absolute Gasteiger partial charge is 0.273 e. The molecule has 2 rings (SSSR count). The normalized spacial score (nSPS) is 26.5. The van der Waals surface area contributed by atoms with E-state index in [1.807, 2.05) is 13.0 Å². The van der Waals surface area contributed by atoms with E-state index in [4.69, 9.17) is 5.73 Å². The molecular weight excluding hydrogens is 204 g/mol. The second-order valence-corrected chi connectivity index (χ2v) is 5.09. The first-order chi connectivity index (χ1) is 7.37. The van der Waals surface area contributed by atoms with Gasteiger partial charge in [-0.2, -0.15) is 0 Å². The molecule has 86 valence electrons. The fourth-order valence-corrected chi connectivity index (χ4v) is 2.46. The highest BCUT2D eigenvalue weighted by Gasteiger charge is 2.58. The number of rotatable bonds is 2. The predicted molar refractivity (Wildman–Crippen MR) is 62.3 cm³/mol. The van der Waals surface area contributed by atoms with Crippen LogP contribution in [0.3, 0.4) is 0 Å². The van der Waals surface area contributed by atoms with Gasteiger partial charge < -0.3 is 5.73 Å². The Balaban J connectivity index is 2.53. The highest BCUT2D eigenvalue weighted by molar-refractivity contribution is 5.52. The molecule has 0 spiro atoms. The first-order valence-corrected chi connectivity index (χ1v) is 5.37. The van der Waals surface area contributed by atoms with Crippen molar-refractivity contribution in [3.8, 4) is 0 Å². The highest BCUT2D eigenvalue weighted by atomic mass is 16.6. The summed E-state index contributed by atoms with van der Waals surface area (Å²) in [5.74, 6) is 0.106. The monoisotopic (exact) mass is 220 g/mol. The molecule has 1 aromatic carbocycles. The summed E-state index contributed by atoms with van der Waals surface area (Å²) in [6.45, 7) is 6.01. The third-order valence-electron chi connectivity index (χ3n) is 3.72. The molecule has 0 amide bonds. The minimum absolute atomic E-state index is 0.0206. The van der Waals surface area contributed by atoms with E-state index in [1.54, 1.807) is 12.1 Å². The third-order valence-corrected chi connectivity index (χ3v) is 3.72. The summed E-state index contributed by atoms with van der Waals surface area (Å²) >= 11 is 0. The van der Waals surface area contributed by atoms with Crippen LogP contribution < -0.4 is 5.73 Å². The van der Waals surface area contributed by atoms with Gasteiger partial charge in [0.25, 0.3) is 5.69 Å². The van der Waals surface area contributed by atoms with Crippen LogP contribution in [0.4, 0.5) is 5.69 Å². The average Bonchev–Trinajstić information content (AvgIpc) is 2.66. The van der Waals surface area contributed by atoms with Gasteiger partial charge in [0, 0.05) is 23.6 Å². The van der Waals surface area contributed by atoms with Crippen LogP contribution in [0.5, 0.6) is 0 Å². The van der Waals surface area contributed by atoms with Crippen molar-refractivity contribution < 1.29 is 4.92 Å². The number of nitrogens with zero attached hydrogens (tertiary/aromatic N) is 1. The van der Waals surface area contributed by atoms with Crippen LogP contribution in [0, 0.1) is 22.5 Å². The van der Waals surface area contributed by atoms with Crippen LogP contribution in [0.1, 0.15) is 30.9 Å².